The quantitative estimate of drug-likeness (QED) is 0.143. The molecule has 2 heterocycles. The first-order valence-corrected chi connectivity index (χ1v) is 23.4. The van der Waals surface area contributed by atoms with Crippen LogP contribution in [0.25, 0.3) is 119 Å². The van der Waals surface area contributed by atoms with E-state index in [2.05, 4.69) is 243 Å². The van der Waals surface area contributed by atoms with Crippen LogP contribution in [0.4, 0.5) is 0 Å². The van der Waals surface area contributed by atoms with Crippen molar-refractivity contribution in [2.75, 3.05) is 0 Å². The Morgan fingerprint density at radius 1 is 0.188 bits per heavy atom. The summed E-state index contributed by atoms with van der Waals surface area (Å²) in [6.45, 7) is 0. The van der Waals surface area contributed by atoms with Gasteiger partial charge in [-0.15, -0.1) is 22.7 Å². The van der Waals surface area contributed by atoms with Crippen LogP contribution in [0.15, 0.2) is 243 Å². The summed E-state index contributed by atoms with van der Waals surface area (Å²) < 4.78 is 0. The van der Waals surface area contributed by atoms with Crippen molar-refractivity contribution in [2.24, 2.45) is 0 Å². The molecule has 0 saturated carbocycles. The van der Waals surface area contributed by atoms with E-state index in [0.717, 1.165) is 0 Å². The highest BCUT2D eigenvalue weighted by atomic mass is 32.1. The zero-order valence-electron chi connectivity index (χ0n) is 34.9. The Labute approximate surface area is 381 Å². The first-order valence-electron chi connectivity index (χ1n) is 21.8. The number of thiophene rings is 2. The Morgan fingerprint density at radius 3 is 0.891 bits per heavy atom. The first kappa shape index (κ1) is 38.1. The summed E-state index contributed by atoms with van der Waals surface area (Å²) in [4.78, 5) is 5.07. The van der Waals surface area contributed by atoms with Gasteiger partial charge in [0.2, 0.25) is 0 Å². The third-order valence-corrected chi connectivity index (χ3v) is 14.9. The van der Waals surface area contributed by atoms with Crippen LogP contribution >= 0.6 is 22.7 Å². The SMILES string of the molecule is c1ccc(-c2c(-c3ccc(-c4ccc(-c5ccc6ccccc6c5)s4)cc3)c(-c3ccc(-c4ccc(-c5ccc6ccccc6c5)s4)cc3)c(-c3ccccc3)c3ccccc23)cc1. The van der Waals surface area contributed by atoms with Crippen LogP contribution in [0, 0.1) is 0 Å². The summed E-state index contributed by atoms with van der Waals surface area (Å²) in [6, 6.07) is 89.3. The lowest BCUT2D eigenvalue weighted by Gasteiger charge is -2.24. The van der Waals surface area contributed by atoms with E-state index in [1.807, 2.05) is 22.7 Å². The molecule has 0 atom stereocenters. The highest BCUT2D eigenvalue weighted by molar-refractivity contribution is 7.19. The minimum Gasteiger partial charge on any atom is -0.135 e. The van der Waals surface area contributed by atoms with Crippen LogP contribution in [0.3, 0.4) is 0 Å². The van der Waals surface area contributed by atoms with Gasteiger partial charge in [0.05, 0.1) is 0 Å². The molecule has 0 aliphatic rings. The van der Waals surface area contributed by atoms with Gasteiger partial charge < -0.3 is 0 Å². The third kappa shape index (κ3) is 6.94. The summed E-state index contributed by atoms with van der Waals surface area (Å²) in [5.74, 6) is 0. The number of fused-ring (bicyclic) bond motifs is 3. The van der Waals surface area contributed by atoms with E-state index < -0.39 is 0 Å². The zero-order chi connectivity index (χ0) is 42.4. The molecule has 2 heteroatoms. The van der Waals surface area contributed by atoms with Crippen LogP contribution in [0.1, 0.15) is 0 Å². The summed E-state index contributed by atoms with van der Waals surface area (Å²) in [5, 5.41) is 7.54. The standard InChI is InChI=1S/C62H40S2/c1-3-15-45(16-4-1)59-53-21-11-12-22-54(53)60(46-17-5-2-6-18-46)62(48-31-27-44(28-32-48)56-36-38-58(64-56)52-34-24-42-14-8-10-20-50(42)40-52)61(59)47-29-25-43(26-30-47)55-35-37-57(63-55)51-33-23-41-13-7-9-19-49(41)39-51/h1-40H. The van der Waals surface area contributed by atoms with Crippen molar-refractivity contribution >= 4 is 55.0 Å². The fraction of sp³-hybridized carbons (Fsp3) is 0. The molecule has 0 spiro atoms. The maximum absolute atomic E-state index is 2.34. The van der Waals surface area contributed by atoms with Crippen molar-refractivity contribution in [1.29, 1.82) is 0 Å². The normalized spacial score (nSPS) is 11.4. The molecule has 0 amide bonds. The van der Waals surface area contributed by atoms with Gasteiger partial charge in [-0.2, -0.15) is 0 Å². The molecular formula is C62H40S2. The van der Waals surface area contributed by atoms with Crippen molar-refractivity contribution in [3.05, 3.63) is 243 Å². The van der Waals surface area contributed by atoms with Crippen molar-refractivity contribution < 1.29 is 0 Å². The molecule has 0 bridgehead atoms. The summed E-state index contributed by atoms with van der Waals surface area (Å²) in [7, 11) is 0. The summed E-state index contributed by atoms with van der Waals surface area (Å²) >= 11 is 3.70. The van der Waals surface area contributed by atoms with Gasteiger partial charge in [0, 0.05) is 19.5 Å². The number of rotatable bonds is 8. The Kier molecular flexibility index (Phi) is 9.67. The zero-order valence-corrected chi connectivity index (χ0v) is 36.5. The van der Waals surface area contributed by atoms with Gasteiger partial charge >= 0.3 is 0 Å². The van der Waals surface area contributed by atoms with E-state index in [4.69, 9.17) is 0 Å². The van der Waals surface area contributed by atoms with Gasteiger partial charge in [-0.05, 0) is 135 Å². The predicted molar refractivity (Wildman–Crippen MR) is 278 cm³/mol. The second-order valence-corrected chi connectivity index (χ2v) is 18.6. The first-order chi connectivity index (χ1) is 31.7. The average Bonchev–Trinajstić information content (AvgIpc) is 4.08. The molecule has 0 fully saturated rings. The molecule has 0 aliphatic carbocycles. The Balaban J connectivity index is 1.01. The number of hydrogen-bond acceptors (Lipinski definition) is 2. The maximum Gasteiger partial charge on any atom is 0.0349 e. The van der Waals surface area contributed by atoms with Crippen molar-refractivity contribution in [3.63, 3.8) is 0 Å². The van der Waals surface area contributed by atoms with E-state index in [0.29, 0.717) is 0 Å². The Bertz CT molecular complexity index is 3390. The third-order valence-electron chi connectivity index (χ3n) is 12.5. The molecule has 300 valence electrons. The lowest BCUT2D eigenvalue weighted by molar-refractivity contribution is 1.57. The second-order valence-electron chi connectivity index (χ2n) is 16.4. The number of benzene rings is 10. The average molecular weight is 849 g/mol. The van der Waals surface area contributed by atoms with E-state index in [9.17, 15) is 0 Å². The van der Waals surface area contributed by atoms with E-state index in [-0.39, 0.29) is 0 Å². The van der Waals surface area contributed by atoms with Crippen LogP contribution < -0.4 is 0 Å². The fourth-order valence-corrected chi connectivity index (χ4v) is 11.4. The topological polar surface area (TPSA) is 0 Å². The molecule has 2 aromatic heterocycles. The lowest BCUT2D eigenvalue weighted by Crippen LogP contribution is -1.97. The monoisotopic (exact) mass is 848 g/mol. The number of hydrogen-bond donors (Lipinski definition) is 0. The van der Waals surface area contributed by atoms with Crippen LogP contribution in [-0.4, -0.2) is 0 Å². The molecular weight excluding hydrogens is 809 g/mol. The van der Waals surface area contributed by atoms with Gasteiger partial charge in [0.15, 0.2) is 0 Å². The highest BCUT2D eigenvalue weighted by Gasteiger charge is 2.24. The second kappa shape index (κ2) is 16.3. The van der Waals surface area contributed by atoms with Gasteiger partial charge in [0.1, 0.15) is 0 Å². The van der Waals surface area contributed by atoms with Gasteiger partial charge in [-0.1, -0.05) is 206 Å². The van der Waals surface area contributed by atoms with E-state index >= 15 is 0 Å². The van der Waals surface area contributed by atoms with Gasteiger partial charge in [-0.25, -0.2) is 0 Å². The molecule has 64 heavy (non-hydrogen) atoms. The van der Waals surface area contributed by atoms with Crippen molar-refractivity contribution in [1.82, 2.24) is 0 Å². The van der Waals surface area contributed by atoms with Crippen LogP contribution in [0.5, 0.6) is 0 Å². The van der Waals surface area contributed by atoms with Crippen molar-refractivity contribution in [3.8, 4) is 86.3 Å². The molecule has 12 aromatic rings. The molecule has 0 unspecified atom stereocenters. The maximum atomic E-state index is 2.34. The molecule has 0 nitrogen and oxygen atoms in total. The lowest BCUT2D eigenvalue weighted by atomic mass is 9.79. The van der Waals surface area contributed by atoms with Gasteiger partial charge in [-0.3, -0.25) is 0 Å². The fourth-order valence-electron chi connectivity index (χ4n) is 9.41. The van der Waals surface area contributed by atoms with E-state index in [1.54, 1.807) is 0 Å². The highest BCUT2D eigenvalue weighted by Crippen LogP contribution is 2.51. The summed E-state index contributed by atoms with van der Waals surface area (Å²) in [5.41, 5.74) is 14.7. The van der Waals surface area contributed by atoms with Gasteiger partial charge in [0.25, 0.3) is 0 Å². The Morgan fingerprint density at radius 2 is 0.484 bits per heavy atom. The van der Waals surface area contributed by atoms with Crippen LogP contribution in [0.2, 0.25) is 0 Å². The van der Waals surface area contributed by atoms with Crippen molar-refractivity contribution in [2.45, 2.75) is 0 Å². The van der Waals surface area contributed by atoms with Crippen LogP contribution in [-0.2, 0) is 0 Å². The minimum absolute atomic E-state index is 1.19. The smallest absolute Gasteiger partial charge is 0.0349 e. The molecule has 12 rings (SSSR count). The largest absolute Gasteiger partial charge is 0.135 e. The minimum atomic E-state index is 1.19. The molecule has 0 N–H and O–H groups in total. The molecule has 0 radical (unpaired) electrons. The predicted octanol–water partition coefficient (Wildman–Crippen LogP) is 18.6. The van der Waals surface area contributed by atoms with E-state index in [1.165, 1.54) is 119 Å². The summed E-state index contributed by atoms with van der Waals surface area (Å²) in [6.07, 6.45) is 0. The molecule has 0 saturated heterocycles. The molecule has 10 aromatic carbocycles. The Hall–Kier alpha value is -7.62. The molecule has 0 aliphatic heterocycles.